The Hall–Kier alpha value is -1.06. The Kier molecular flexibility index (Phi) is 5.65. The summed E-state index contributed by atoms with van der Waals surface area (Å²) >= 11 is 0. The van der Waals surface area contributed by atoms with Crippen molar-refractivity contribution in [3.8, 4) is 5.75 Å². The summed E-state index contributed by atoms with van der Waals surface area (Å²) in [5.74, 6) is 0.975. The number of benzene rings is 1. The zero-order valence-electron chi connectivity index (χ0n) is 13.9. The third-order valence-corrected chi connectivity index (χ3v) is 4.95. The molecule has 1 aromatic rings. The van der Waals surface area contributed by atoms with E-state index in [1.165, 1.54) is 30.4 Å². The van der Waals surface area contributed by atoms with Gasteiger partial charge in [0.25, 0.3) is 0 Å². The van der Waals surface area contributed by atoms with Crippen LogP contribution in [0.15, 0.2) is 18.2 Å². The van der Waals surface area contributed by atoms with Gasteiger partial charge in [0.05, 0.1) is 12.7 Å². The van der Waals surface area contributed by atoms with Crippen LogP contribution in [-0.2, 0) is 11.2 Å². The summed E-state index contributed by atoms with van der Waals surface area (Å²) in [7, 11) is 5.65. The molecule has 1 aliphatic rings. The second-order valence-electron chi connectivity index (χ2n) is 6.19. The molecule has 0 radical (unpaired) electrons. The molecule has 0 spiro atoms. The molecule has 0 aromatic heterocycles. The van der Waals surface area contributed by atoms with Gasteiger partial charge in [0, 0.05) is 13.2 Å². The lowest BCUT2D eigenvalue weighted by atomic mass is 9.77. The topological polar surface area (TPSA) is 30.5 Å². The van der Waals surface area contributed by atoms with Gasteiger partial charge in [-0.3, -0.25) is 0 Å². The van der Waals surface area contributed by atoms with E-state index >= 15 is 0 Å². The Morgan fingerprint density at radius 1 is 1.19 bits per heavy atom. The molecule has 21 heavy (non-hydrogen) atoms. The number of aryl methyl sites for hydroxylation is 1. The van der Waals surface area contributed by atoms with Gasteiger partial charge in [0.2, 0.25) is 0 Å². The number of rotatable bonds is 6. The summed E-state index contributed by atoms with van der Waals surface area (Å²) in [6, 6.07) is 6.72. The summed E-state index contributed by atoms with van der Waals surface area (Å²) in [4.78, 5) is 0. The third kappa shape index (κ3) is 3.58. The zero-order chi connectivity index (χ0) is 15.3. The summed E-state index contributed by atoms with van der Waals surface area (Å²) in [6.07, 6.45) is 7.07. The highest BCUT2D eigenvalue weighted by molar-refractivity contribution is 5.37. The molecule has 1 aromatic carbocycles. The molecular formula is C18H29NO2. The van der Waals surface area contributed by atoms with Crippen LogP contribution in [0.4, 0.5) is 0 Å². The molecule has 118 valence electrons. The SMILES string of the molecule is CNC(Cc1cc(C)ccc1OC)C1(OC)CCCCC1. The summed E-state index contributed by atoms with van der Waals surface area (Å²) in [5, 5.41) is 3.50. The molecule has 0 heterocycles. The molecule has 0 bridgehead atoms. The third-order valence-electron chi connectivity index (χ3n) is 4.95. The largest absolute Gasteiger partial charge is 0.496 e. The van der Waals surface area contributed by atoms with E-state index in [0.29, 0.717) is 6.04 Å². The van der Waals surface area contributed by atoms with Crippen LogP contribution in [0.1, 0.15) is 43.2 Å². The first-order valence-electron chi connectivity index (χ1n) is 8.01. The van der Waals surface area contributed by atoms with E-state index in [1.54, 1.807) is 7.11 Å². The van der Waals surface area contributed by atoms with Crippen molar-refractivity contribution in [1.82, 2.24) is 5.32 Å². The molecule has 0 saturated heterocycles. The molecule has 3 heteroatoms. The van der Waals surface area contributed by atoms with Gasteiger partial charge in [0.15, 0.2) is 0 Å². The van der Waals surface area contributed by atoms with Crippen LogP contribution in [0.2, 0.25) is 0 Å². The molecule has 1 N–H and O–H groups in total. The first-order valence-corrected chi connectivity index (χ1v) is 8.01. The van der Waals surface area contributed by atoms with Crippen LogP contribution >= 0.6 is 0 Å². The predicted octanol–water partition coefficient (Wildman–Crippen LogP) is 3.48. The van der Waals surface area contributed by atoms with Gasteiger partial charge in [-0.1, -0.05) is 37.0 Å². The molecule has 1 fully saturated rings. The van der Waals surface area contributed by atoms with Crippen molar-refractivity contribution in [2.24, 2.45) is 0 Å². The van der Waals surface area contributed by atoms with Gasteiger partial charge in [0.1, 0.15) is 5.75 Å². The quantitative estimate of drug-likeness (QED) is 0.870. The molecule has 3 nitrogen and oxygen atoms in total. The van der Waals surface area contributed by atoms with Crippen LogP contribution in [0.5, 0.6) is 5.75 Å². The van der Waals surface area contributed by atoms with Crippen molar-refractivity contribution in [1.29, 1.82) is 0 Å². The minimum Gasteiger partial charge on any atom is -0.496 e. The highest BCUT2D eigenvalue weighted by atomic mass is 16.5. The predicted molar refractivity (Wildman–Crippen MR) is 87.1 cm³/mol. The van der Waals surface area contributed by atoms with Crippen LogP contribution in [-0.4, -0.2) is 32.9 Å². The molecule has 1 unspecified atom stereocenters. The van der Waals surface area contributed by atoms with E-state index < -0.39 is 0 Å². The van der Waals surface area contributed by atoms with E-state index in [-0.39, 0.29) is 5.60 Å². The molecule has 1 aliphatic carbocycles. The number of hydrogen-bond acceptors (Lipinski definition) is 3. The van der Waals surface area contributed by atoms with Crippen molar-refractivity contribution in [2.75, 3.05) is 21.3 Å². The van der Waals surface area contributed by atoms with Crippen molar-refractivity contribution in [2.45, 2.75) is 57.1 Å². The van der Waals surface area contributed by atoms with E-state index in [9.17, 15) is 0 Å². The van der Waals surface area contributed by atoms with Crippen LogP contribution in [0, 0.1) is 6.92 Å². The summed E-state index contributed by atoms with van der Waals surface area (Å²) < 4.78 is 11.5. The van der Waals surface area contributed by atoms with Gasteiger partial charge in [-0.25, -0.2) is 0 Å². The average molecular weight is 291 g/mol. The van der Waals surface area contributed by atoms with E-state index in [2.05, 4.69) is 30.4 Å². The maximum absolute atomic E-state index is 6.00. The number of likely N-dealkylation sites (N-methyl/N-ethyl adjacent to an activating group) is 1. The van der Waals surface area contributed by atoms with Crippen molar-refractivity contribution >= 4 is 0 Å². The van der Waals surface area contributed by atoms with E-state index in [0.717, 1.165) is 25.0 Å². The van der Waals surface area contributed by atoms with Gasteiger partial charge >= 0.3 is 0 Å². The normalized spacial score (nSPS) is 19.2. The highest BCUT2D eigenvalue weighted by Crippen LogP contribution is 2.36. The molecule has 0 aliphatic heterocycles. The Bertz CT molecular complexity index is 453. The average Bonchev–Trinajstić information content (AvgIpc) is 2.53. The van der Waals surface area contributed by atoms with Gasteiger partial charge in [-0.2, -0.15) is 0 Å². The van der Waals surface area contributed by atoms with Crippen molar-refractivity contribution in [3.63, 3.8) is 0 Å². The fraction of sp³-hybridized carbons (Fsp3) is 0.667. The fourth-order valence-electron chi connectivity index (χ4n) is 3.68. The lowest BCUT2D eigenvalue weighted by molar-refractivity contribution is -0.0657. The summed E-state index contributed by atoms with van der Waals surface area (Å²) in [5.41, 5.74) is 2.50. The van der Waals surface area contributed by atoms with Gasteiger partial charge in [-0.05, 0) is 44.9 Å². The van der Waals surface area contributed by atoms with Crippen LogP contribution in [0.25, 0.3) is 0 Å². The monoisotopic (exact) mass is 291 g/mol. The second-order valence-corrected chi connectivity index (χ2v) is 6.19. The number of methoxy groups -OCH3 is 2. The standard InChI is InChI=1S/C18H29NO2/c1-14-8-9-16(20-3)15(12-14)13-17(19-2)18(21-4)10-6-5-7-11-18/h8-9,12,17,19H,5-7,10-11,13H2,1-4H3. The van der Waals surface area contributed by atoms with Crippen molar-refractivity contribution < 1.29 is 9.47 Å². The summed E-state index contributed by atoms with van der Waals surface area (Å²) in [6.45, 7) is 2.13. The number of nitrogens with one attached hydrogen (secondary N) is 1. The maximum Gasteiger partial charge on any atom is 0.122 e. The van der Waals surface area contributed by atoms with Crippen LogP contribution in [0.3, 0.4) is 0 Å². The Morgan fingerprint density at radius 3 is 2.48 bits per heavy atom. The molecule has 1 atom stereocenters. The first-order chi connectivity index (χ1) is 10.1. The Balaban J connectivity index is 2.23. The lowest BCUT2D eigenvalue weighted by Crippen LogP contribution is -2.53. The minimum atomic E-state index is -0.0399. The lowest BCUT2D eigenvalue weighted by Gasteiger charge is -2.42. The van der Waals surface area contributed by atoms with Crippen LogP contribution < -0.4 is 10.1 Å². The van der Waals surface area contributed by atoms with Crippen molar-refractivity contribution in [3.05, 3.63) is 29.3 Å². The Labute approximate surface area is 129 Å². The molecule has 1 saturated carbocycles. The maximum atomic E-state index is 6.00. The van der Waals surface area contributed by atoms with E-state index in [4.69, 9.17) is 9.47 Å². The van der Waals surface area contributed by atoms with Gasteiger partial charge in [-0.15, -0.1) is 0 Å². The zero-order valence-corrected chi connectivity index (χ0v) is 13.9. The molecular weight excluding hydrogens is 262 g/mol. The molecule has 2 rings (SSSR count). The number of ether oxygens (including phenoxy) is 2. The molecule has 0 amide bonds. The van der Waals surface area contributed by atoms with Gasteiger partial charge < -0.3 is 14.8 Å². The van der Waals surface area contributed by atoms with E-state index in [1.807, 2.05) is 14.2 Å². The number of hydrogen-bond donors (Lipinski definition) is 1. The Morgan fingerprint density at radius 2 is 1.90 bits per heavy atom. The fourth-order valence-corrected chi connectivity index (χ4v) is 3.68. The first kappa shape index (κ1) is 16.3. The smallest absolute Gasteiger partial charge is 0.122 e. The minimum absolute atomic E-state index is 0.0399. The highest BCUT2D eigenvalue weighted by Gasteiger charge is 2.39. The second kappa shape index (κ2) is 7.28.